The summed E-state index contributed by atoms with van der Waals surface area (Å²) >= 11 is 0. The van der Waals surface area contributed by atoms with Crippen molar-refractivity contribution in [1.82, 2.24) is 10.2 Å². The van der Waals surface area contributed by atoms with Crippen LogP contribution in [-0.4, -0.2) is 36.0 Å². The van der Waals surface area contributed by atoms with E-state index < -0.39 is 0 Å². The summed E-state index contributed by atoms with van der Waals surface area (Å²) in [4.78, 5) is 2.30. The number of nitrogens with one attached hydrogen (secondary N) is 1. The highest BCUT2D eigenvalue weighted by molar-refractivity contribution is 5.88. The molecule has 3 rings (SSSR count). The van der Waals surface area contributed by atoms with E-state index in [1.165, 1.54) is 0 Å². The molecular formula is C13H18N4O. The third-order valence-corrected chi connectivity index (χ3v) is 3.52. The van der Waals surface area contributed by atoms with E-state index in [4.69, 9.17) is 10.5 Å². The maximum atomic E-state index is 6.14. The van der Waals surface area contributed by atoms with E-state index in [0.29, 0.717) is 6.10 Å². The van der Waals surface area contributed by atoms with Gasteiger partial charge in [-0.3, -0.25) is 5.10 Å². The van der Waals surface area contributed by atoms with Crippen LogP contribution in [0.15, 0.2) is 18.3 Å². The van der Waals surface area contributed by atoms with Gasteiger partial charge in [0.05, 0.1) is 35.8 Å². The number of ether oxygens (including phenoxy) is 1. The van der Waals surface area contributed by atoms with E-state index in [9.17, 15) is 0 Å². The Bertz CT molecular complexity index is 551. The second-order valence-corrected chi connectivity index (χ2v) is 4.72. The van der Waals surface area contributed by atoms with Gasteiger partial charge in [0.15, 0.2) is 0 Å². The zero-order valence-corrected chi connectivity index (χ0v) is 10.5. The van der Waals surface area contributed by atoms with Crippen LogP contribution >= 0.6 is 0 Å². The monoisotopic (exact) mass is 246 g/mol. The Hall–Kier alpha value is -1.75. The Morgan fingerprint density at radius 1 is 1.56 bits per heavy atom. The van der Waals surface area contributed by atoms with Crippen LogP contribution < -0.4 is 10.6 Å². The first kappa shape index (κ1) is 11.3. The van der Waals surface area contributed by atoms with Gasteiger partial charge in [-0.05, 0) is 18.6 Å². The number of nitrogens with zero attached hydrogens (tertiary/aromatic N) is 2. The van der Waals surface area contributed by atoms with Crippen molar-refractivity contribution in [3.63, 3.8) is 0 Å². The Balaban J connectivity index is 1.94. The molecule has 0 saturated carbocycles. The number of H-pyrrole nitrogens is 1. The number of aromatic nitrogens is 2. The Morgan fingerprint density at radius 3 is 3.28 bits per heavy atom. The van der Waals surface area contributed by atoms with Crippen LogP contribution in [0.2, 0.25) is 0 Å². The molecule has 0 aliphatic carbocycles. The number of nitrogens with two attached hydrogens (primary N) is 1. The second-order valence-electron chi connectivity index (χ2n) is 4.72. The first-order valence-corrected chi connectivity index (χ1v) is 6.37. The van der Waals surface area contributed by atoms with E-state index in [1.807, 2.05) is 6.07 Å². The molecule has 3 N–H and O–H groups in total. The van der Waals surface area contributed by atoms with Crippen molar-refractivity contribution in [2.75, 3.05) is 30.3 Å². The first-order chi connectivity index (χ1) is 8.78. The molecule has 1 fully saturated rings. The van der Waals surface area contributed by atoms with Gasteiger partial charge in [-0.25, -0.2) is 0 Å². The fourth-order valence-electron chi connectivity index (χ4n) is 2.46. The Morgan fingerprint density at radius 2 is 2.44 bits per heavy atom. The van der Waals surface area contributed by atoms with E-state index in [0.717, 1.165) is 48.4 Å². The smallest absolute Gasteiger partial charge is 0.0748 e. The lowest BCUT2D eigenvalue weighted by atomic mass is 10.1. The van der Waals surface area contributed by atoms with Crippen molar-refractivity contribution >= 4 is 22.3 Å². The van der Waals surface area contributed by atoms with Gasteiger partial charge in [-0.15, -0.1) is 0 Å². The molecule has 1 saturated heterocycles. The molecule has 1 unspecified atom stereocenters. The maximum absolute atomic E-state index is 6.14. The van der Waals surface area contributed by atoms with Crippen molar-refractivity contribution in [2.45, 2.75) is 19.4 Å². The number of fused-ring (bicyclic) bond motifs is 1. The van der Waals surface area contributed by atoms with E-state index in [-0.39, 0.29) is 0 Å². The number of aromatic amines is 1. The second kappa shape index (κ2) is 4.49. The Labute approximate surface area is 106 Å². The van der Waals surface area contributed by atoms with Gasteiger partial charge < -0.3 is 15.4 Å². The SMILES string of the molecule is CCC1CN(c2cc3[nH]ncc3cc2N)CCO1. The fraction of sp³-hybridized carbons (Fsp3) is 0.462. The third kappa shape index (κ3) is 1.90. The van der Waals surface area contributed by atoms with Crippen LogP contribution in [0.5, 0.6) is 0 Å². The van der Waals surface area contributed by atoms with Crippen molar-refractivity contribution in [3.8, 4) is 0 Å². The summed E-state index contributed by atoms with van der Waals surface area (Å²) in [5.74, 6) is 0. The topological polar surface area (TPSA) is 67.2 Å². The minimum Gasteiger partial charge on any atom is -0.397 e. The van der Waals surface area contributed by atoms with Crippen LogP contribution in [0.25, 0.3) is 10.9 Å². The molecule has 1 aliphatic heterocycles. The van der Waals surface area contributed by atoms with Gasteiger partial charge in [0.1, 0.15) is 0 Å². The third-order valence-electron chi connectivity index (χ3n) is 3.52. The minimum atomic E-state index is 0.301. The number of hydrogen-bond acceptors (Lipinski definition) is 4. The normalized spacial score (nSPS) is 20.5. The molecule has 18 heavy (non-hydrogen) atoms. The molecule has 1 aromatic carbocycles. The fourth-order valence-corrected chi connectivity index (χ4v) is 2.46. The van der Waals surface area contributed by atoms with Gasteiger partial charge >= 0.3 is 0 Å². The van der Waals surface area contributed by atoms with Crippen LogP contribution in [-0.2, 0) is 4.74 Å². The number of anilines is 2. The molecular weight excluding hydrogens is 228 g/mol. The molecule has 0 radical (unpaired) electrons. The summed E-state index contributed by atoms with van der Waals surface area (Å²) in [6, 6.07) is 4.06. The summed E-state index contributed by atoms with van der Waals surface area (Å²) in [6.07, 6.45) is 3.13. The predicted octanol–water partition coefficient (Wildman–Crippen LogP) is 1.76. The van der Waals surface area contributed by atoms with E-state index >= 15 is 0 Å². The van der Waals surface area contributed by atoms with Crippen LogP contribution in [0.1, 0.15) is 13.3 Å². The lowest BCUT2D eigenvalue weighted by Crippen LogP contribution is -2.42. The van der Waals surface area contributed by atoms with Gasteiger partial charge in [0.25, 0.3) is 0 Å². The van der Waals surface area contributed by atoms with Gasteiger partial charge in [-0.1, -0.05) is 6.92 Å². The zero-order valence-electron chi connectivity index (χ0n) is 10.5. The average Bonchev–Trinajstić information content (AvgIpc) is 2.85. The highest BCUT2D eigenvalue weighted by Gasteiger charge is 2.21. The number of rotatable bonds is 2. The minimum absolute atomic E-state index is 0.301. The summed E-state index contributed by atoms with van der Waals surface area (Å²) < 4.78 is 5.69. The molecule has 0 bridgehead atoms. The zero-order chi connectivity index (χ0) is 12.5. The highest BCUT2D eigenvalue weighted by Crippen LogP contribution is 2.29. The lowest BCUT2D eigenvalue weighted by Gasteiger charge is -2.34. The average molecular weight is 246 g/mol. The number of hydrogen-bond donors (Lipinski definition) is 2. The quantitative estimate of drug-likeness (QED) is 0.792. The van der Waals surface area contributed by atoms with Crippen molar-refractivity contribution in [1.29, 1.82) is 0 Å². The molecule has 0 amide bonds. The summed E-state index contributed by atoms with van der Waals surface area (Å²) in [7, 11) is 0. The highest BCUT2D eigenvalue weighted by atomic mass is 16.5. The van der Waals surface area contributed by atoms with Crippen molar-refractivity contribution in [3.05, 3.63) is 18.3 Å². The largest absolute Gasteiger partial charge is 0.397 e. The van der Waals surface area contributed by atoms with E-state index in [2.05, 4.69) is 28.1 Å². The molecule has 1 atom stereocenters. The van der Waals surface area contributed by atoms with Gasteiger partial charge in [-0.2, -0.15) is 5.10 Å². The van der Waals surface area contributed by atoms with Gasteiger partial charge in [0.2, 0.25) is 0 Å². The van der Waals surface area contributed by atoms with Gasteiger partial charge in [0, 0.05) is 18.5 Å². The molecule has 1 aromatic heterocycles. The number of nitrogen functional groups attached to an aromatic ring is 1. The molecule has 2 heterocycles. The van der Waals surface area contributed by atoms with E-state index in [1.54, 1.807) is 6.20 Å². The van der Waals surface area contributed by atoms with Crippen molar-refractivity contribution in [2.24, 2.45) is 0 Å². The summed E-state index contributed by atoms with van der Waals surface area (Å²) in [5.41, 5.74) is 9.05. The predicted molar refractivity (Wildman–Crippen MR) is 72.8 cm³/mol. The van der Waals surface area contributed by atoms with Crippen LogP contribution in [0.4, 0.5) is 11.4 Å². The summed E-state index contributed by atoms with van der Waals surface area (Å²) in [6.45, 7) is 4.70. The molecule has 5 nitrogen and oxygen atoms in total. The molecule has 2 aromatic rings. The van der Waals surface area contributed by atoms with Crippen LogP contribution in [0.3, 0.4) is 0 Å². The standard InChI is InChI=1S/C13H18N4O/c1-2-10-8-17(3-4-18-10)13-6-12-9(5-11(13)14)7-15-16-12/h5-7,10H,2-4,8,14H2,1H3,(H,15,16). The first-order valence-electron chi connectivity index (χ1n) is 6.37. The Kier molecular flexibility index (Phi) is 2.83. The maximum Gasteiger partial charge on any atom is 0.0748 e. The number of morpholine rings is 1. The molecule has 1 aliphatic rings. The summed E-state index contributed by atoms with van der Waals surface area (Å²) in [5, 5.41) is 8.08. The van der Waals surface area contributed by atoms with Crippen molar-refractivity contribution < 1.29 is 4.74 Å². The molecule has 96 valence electrons. The lowest BCUT2D eigenvalue weighted by molar-refractivity contribution is 0.0385. The molecule has 0 spiro atoms. The molecule has 5 heteroatoms. The van der Waals surface area contributed by atoms with Crippen LogP contribution in [0, 0.1) is 0 Å². The number of benzene rings is 1.